The Balaban J connectivity index is 0.00000341. The van der Waals surface area contributed by atoms with E-state index in [0.29, 0.717) is 18.2 Å². The number of hydrogen-bond acceptors (Lipinski definition) is 3. The van der Waals surface area contributed by atoms with Gasteiger partial charge in [0.1, 0.15) is 11.6 Å². The molecule has 0 radical (unpaired) electrons. The summed E-state index contributed by atoms with van der Waals surface area (Å²) in [7, 11) is 3.31. The number of halogens is 3. The molecule has 2 N–H and O–H groups in total. The van der Waals surface area contributed by atoms with Crippen LogP contribution in [-0.4, -0.2) is 44.1 Å². The molecule has 1 saturated heterocycles. The van der Waals surface area contributed by atoms with Crippen molar-refractivity contribution in [3.05, 3.63) is 70.8 Å². The Bertz CT molecular complexity index is 840. The largest absolute Gasteiger partial charge is 0.380 e. The smallest absolute Gasteiger partial charge is 0.191 e. The van der Waals surface area contributed by atoms with Gasteiger partial charge in [-0.3, -0.25) is 9.89 Å². The van der Waals surface area contributed by atoms with Crippen molar-refractivity contribution in [2.45, 2.75) is 38.6 Å². The van der Waals surface area contributed by atoms with Crippen LogP contribution in [0.4, 0.5) is 8.78 Å². The third kappa shape index (κ3) is 8.01. The monoisotopic (exact) mass is 544 g/mol. The van der Waals surface area contributed by atoms with E-state index in [1.54, 1.807) is 20.2 Å². The van der Waals surface area contributed by atoms with Crippen molar-refractivity contribution in [1.29, 1.82) is 0 Å². The van der Waals surface area contributed by atoms with E-state index in [9.17, 15) is 8.78 Å². The summed E-state index contributed by atoms with van der Waals surface area (Å²) >= 11 is 0. The molecule has 0 saturated carbocycles. The molecule has 0 aromatic heterocycles. The van der Waals surface area contributed by atoms with E-state index in [1.807, 2.05) is 18.2 Å². The summed E-state index contributed by atoms with van der Waals surface area (Å²) in [5.41, 5.74) is 2.65. The summed E-state index contributed by atoms with van der Waals surface area (Å²) in [5, 5.41) is 6.79. The highest BCUT2D eigenvalue weighted by Crippen LogP contribution is 2.15. The van der Waals surface area contributed by atoms with Crippen LogP contribution in [0.2, 0.25) is 0 Å². The molecule has 1 heterocycles. The molecule has 1 aliphatic rings. The lowest BCUT2D eigenvalue weighted by Gasteiger charge is -2.33. The number of likely N-dealkylation sites (tertiary alicyclic amines) is 1. The van der Waals surface area contributed by atoms with Crippen LogP contribution in [0.1, 0.15) is 29.5 Å². The van der Waals surface area contributed by atoms with Crippen LogP contribution < -0.4 is 10.6 Å². The van der Waals surface area contributed by atoms with Gasteiger partial charge in [-0.05, 0) is 48.2 Å². The van der Waals surface area contributed by atoms with Crippen molar-refractivity contribution in [1.82, 2.24) is 15.5 Å². The van der Waals surface area contributed by atoms with Crippen LogP contribution >= 0.6 is 24.0 Å². The molecule has 2 aromatic carbocycles. The summed E-state index contributed by atoms with van der Waals surface area (Å²) < 4.78 is 31.9. The van der Waals surface area contributed by atoms with Gasteiger partial charge in [0.15, 0.2) is 5.96 Å². The summed E-state index contributed by atoms with van der Waals surface area (Å²) in [5.74, 6) is 0.288. The summed E-state index contributed by atoms with van der Waals surface area (Å²) in [6.45, 7) is 3.60. The lowest BCUT2D eigenvalue weighted by atomic mass is 10.0. The average Bonchev–Trinajstić information content (AvgIpc) is 2.76. The number of rotatable bonds is 7. The Morgan fingerprint density at radius 3 is 2.42 bits per heavy atom. The maximum absolute atomic E-state index is 13.8. The van der Waals surface area contributed by atoms with Crippen LogP contribution in [-0.2, 0) is 24.4 Å². The Morgan fingerprint density at radius 2 is 1.77 bits per heavy atom. The minimum atomic E-state index is -0.254. The fourth-order valence-corrected chi connectivity index (χ4v) is 3.66. The first-order valence-corrected chi connectivity index (χ1v) is 10.3. The van der Waals surface area contributed by atoms with Gasteiger partial charge in [0.05, 0.1) is 6.61 Å². The van der Waals surface area contributed by atoms with E-state index in [4.69, 9.17) is 4.74 Å². The molecule has 1 aliphatic heterocycles. The molecule has 0 aliphatic carbocycles. The molecule has 0 spiro atoms. The Labute approximate surface area is 200 Å². The molecular formula is C23H31F2IN4O. The number of hydrogen-bond donors (Lipinski definition) is 2. The minimum absolute atomic E-state index is 0. The lowest BCUT2D eigenvalue weighted by molar-refractivity contribution is 0.181. The Hall–Kier alpha value is -1.78. The third-order valence-corrected chi connectivity index (χ3v) is 5.34. The van der Waals surface area contributed by atoms with Gasteiger partial charge >= 0.3 is 0 Å². The van der Waals surface area contributed by atoms with Gasteiger partial charge < -0.3 is 15.4 Å². The number of benzene rings is 2. The second kappa shape index (κ2) is 12.9. The fourth-order valence-electron chi connectivity index (χ4n) is 3.66. The average molecular weight is 544 g/mol. The summed E-state index contributed by atoms with van der Waals surface area (Å²) in [4.78, 5) is 6.70. The lowest BCUT2D eigenvalue weighted by Crippen LogP contribution is -2.48. The first-order chi connectivity index (χ1) is 14.6. The molecule has 0 amide bonds. The molecule has 0 unspecified atom stereocenters. The van der Waals surface area contributed by atoms with Crippen molar-refractivity contribution in [2.75, 3.05) is 27.2 Å². The van der Waals surface area contributed by atoms with E-state index in [0.717, 1.165) is 49.6 Å². The van der Waals surface area contributed by atoms with Crippen LogP contribution in [0.3, 0.4) is 0 Å². The van der Waals surface area contributed by atoms with Crippen molar-refractivity contribution >= 4 is 29.9 Å². The van der Waals surface area contributed by atoms with Gasteiger partial charge in [-0.15, -0.1) is 24.0 Å². The molecule has 1 fully saturated rings. The molecule has 0 atom stereocenters. The second-order valence-electron chi connectivity index (χ2n) is 7.61. The van der Waals surface area contributed by atoms with Crippen molar-refractivity contribution in [3.63, 3.8) is 0 Å². The van der Waals surface area contributed by atoms with Crippen LogP contribution in [0.5, 0.6) is 0 Å². The summed E-state index contributed by atoms with van der Waals surface area (Å²) in [6.07, 6.45) is 2.02. The SMILES string of the molecule is CN=C(NCc1ccc(F)c(COC)c1)NC1CCN(Cc2ccc(F)cc2)CC1.I. The zero-order chi connectivity index (χ0) is 21.3. The second-order valence-corrected chi connectivity index (χ2v) is 7.61. The van der Waals surface area contributed by atoms with E-state index >= 15 is 0 Å². The minimum Gasteiger partial charge on any atom is -0.380 e. The maximum atomic E-state index is 13.8. The first-order valence-electron chi connectivity index (χ1n) is 10.3. The number of nitrogens with one attached hydrogen (secondary N) is 2. The van der Waals surface area contributed by atoms with Crippen LogP contribution in [0.15, 0.2) is 47.5 Å². The van der Waals surface area contributed by atoms with Gasteiger partial charge in [-0.1, -0.05) is 18.2 Å². The highest BCUT2D eigenvalue weighted by atomic mass is 127. The maximum Gasteiger partial charge on any atom is 0.191 e. The Kier molecular flexibility index (Phi) is 10.6. The third-order valence-electron chi connectivity index (χ3n) is 5.34. The number of guanidine groups is 1. The van der Waals surface area contributed by atoms with Gasteiger partial charge in [0, 0.05) is 51.9 Å². The molecular weight excluding hydrogens is 513 g/mol. The first kappa shape index (κ1) is 25.5. The molecule has 0 bridgehead atoms. The van der Waals surface area contributed by atoms with E-state index in [1.165, 1.54) is 18.2 Å². The van der Waals surface area contributed by atoms with Crippen molar-refractivity contribution in [3.8, 4) is 0 Å². The molecule has 170 valence electrons. The topological polar surface area (TPSA) is 48.9 Å². The van der Waals surface area contributed by atoms with Crippen molar-refractivity contribution in [2.24, 2.45) is 4.99 Å². The standard InChI is InChI=1S/C23H30F2N4O.HI/c1-26-23(27-14-18-5-8-22(25)19(13-18)16-30-2)28-21-9-11-29(12-10-21)15-17-3-6-20(24)7-4-17;/h3-8,13,21H,9-12,14-16H2,1-2H3,(H2,26,27,28);1H. The van der Waals surface area contributed by atoms with Gasteiger partial charge in [0.25, 0.3) is 0 Å². The molecule has 5 nitrogen and oxygen atoms in total. The number of aliphatic imine (C=N–C) groups is 1. The number of methoxy groups -OCH3 is 1. The van der Waals surface area contributed by atoms with Crippen molar-refractivity contribution < 1.29 is 13.5 Å². The Morgan fingerprint density at radius 1 is 1.10 bits per heavy atom. The van der Waals surface area contributed by atoms with Crippen LogP contribution in [0.25, 0.3) is 0 Å². The van der Waals surface area contributed by atoms with Gasteiger partial charge in [-0.2, -0.15) is 0 Å². The number of nitrogens with zero attached hydrogens (tertiary/aromatic N) is 2. The molecule has 8 heteroatoms. The summed E-state index contributed by atoms with van der Waals surface area (Å²) in [6, 6.07) is 12.1. The predicted molar refractivity (Wildman–Crippen MR) is 131 cm³/mol. The quantitative estimate of drug-likeness (QED) is 0.314. The predicted octanol–water partition coefficient (Wildman–Crippen LogP) is 4.06. The molecule has 31 heavy (non-hydrogen) atoms. The van der Waals surface area contributed by atoms with E-state index in [2.05, 4.69) is 20.5 Å². The number of piperidine rings is 1. The number of ether oxygens (including phenoxy) is 1. The highest BCUT2D eigenvalue weighted by Gasteiger charge is 2.20. The molecule has 2 aromatic rings. The molecule has 3 rings (SSSR count). The van der Waals surface area contributed by atoms with E-state index < -0.39 is 0 Å². The highest BCUT2D eigenvalue weighted by molar-refractivity contribution is 14.0. The fraction of sp³-hybridized carbons (Fsp3) is 0.435. The van der Waals surface area contributed by atoms with Crippen LogP contribution in [0, 0.1) is 11.6 Å². The van der Waals surface area contributed by atoms with Gasteiger partial charge in [-0.25, -0.2) is 8.78 Å². The zero-order valence-corrected chi connectivity index (χ0v) is 20.4. The zero-order valence-electron chi connectivity index (χ0n) is 18.0. The van der Waals surface area contributed by atoms with E-state index in [-0.39, 0.29) is 42.2 Å². The normalized spacial score (nSPS) is 15.4. The van der Waals surface area contributed by atoms with Gasteiger partial charge in [0.2, 0.25) is 0 Å².